The van der Waals surface area contributed by atoms with Gasteiger partial charge in [0.1, 0.15) is 0 Å². The number of likely N-dealkylation sites (tertiary alicyclic amines) is 2. The molecule has 0 aromatic heterocycles. The maximum Gasteiger partial charge on any atom is 0.311 e. The second-order valence-electron chi connectivity index (χ2n) is 7.52. The fourth-order valence-corrected chi connectivity index (χ4v) is 3.92. The van der Waals surface area contributed by atoms with E-state index in [2.05, 4.69) is 29.6 Å². The van der Waals surface area contributed by atoms with Crippen molar-refractivity contribution in [3.8, 4) is 0 Å². The number of hydrogen-bond donors (Lipinski definition) is 1. The van der Waals surface area contributed by atoms with E-state index < -0.39 is 11.8 Å². The average Bonchev–Trinajstić information content (AvgIpc) is 3.11. The SMILES string of the molecule is O=C(NCCCN1CCCC1=O)C(=O)N1CCC(Cc2ccccc2)CC1. The van der Waals surface area contributed by atoms with E-state index in [4.69, 9.17) is 0 Å². The first-order valence-corrected chi connectivity index (χ1v) is 10.0. The molecular weight excluding hydrogens is 342 g/mol. The summed E-state index contributed by atoms with van der Waals surface area (Å²) in [5.74, 6) is -0.192. The highest BCUT2D eigenvalue weighted by Gasteiger charge is 2.27. The second kappa shape index (κ2) is 9.53. The van der Waals surface area contributed by atoms with Crippen molar-refractivity contribution in [1.82, 2.24) is 15.1 Å². The molecule has 0 atom stereocenters. The number of benzene rings is 1. The van der Waals surface area contributed by atoms with Crippen molar-refractivity contribution in [2.24, 2.45) is 5.92 Å². The number of piperidine rings is 1. The summed E-state index contributed by atoms with van der Waals surface area (Å²) in [5, 5.41) is 2.70. The lowest BCUT2D eigenvalue weighted by Crippen LogP contribution is -2.47. The lowest BCUT2D eigenvalue weighted by Gasteiger charge is -2.31. The lowest BCUT2D eigenvalue weighted by molar-refractivity contribution is -0.146. The molecule has 0 radical (unpaired) electrons. The van der Waals surface area contributed by atoms with Crippen LogP contribution in [0.4, 0.5) is 0 Å². The maximum absolute atomic E-state index is 12.3. The van der Waals surface area contributed by atoms with Crippen LogP contribution < -0.4 is 5.32 Å². The Morgan fingerprint density at radius 2 is 1.81 bits per heavy atom. The number of carbonyl (C=O) groups excluding carboxylic acids is 3. The molecule has 2 aliphatic rings. The number of rotatable bonds is 6. The zero-order valence-corrected chi connectivity index (χ0v) is 15.9. The average molecular weight is 371 g/mol. The Morgan fingerprint density at radius 1 is 1.07 bits per heavy atom. The smallest absolute Gasteiger partial charge is 0.311 e. The van der Waals surface area contributed by atoms with Crippen LogP contribution in [0.5, 0.6) is 0 Å². The molecule has 3 rings (SSSR count). The first kappa shape index (κ1) is 19.4. The number of hydrogen-bond acceptors (Lipinski definition) is 3. The van der Waals surface area contributed by atoms with Gasteiger partial charge in [-0.3, -0.25) is 14.4 Å². The Kier molecular flexibility index (Phi) is 6.85. The third kappa shape index (κ3) is 5.55. The zero-order valence-electron chi connectivity index (χ0n) is 15.9. The summed E-state index contributed by atoms with van der Waals surface area (Å²) in [6, 6.07) is 10.4. The summed E-state index contributed by atoms with van der Waals surface area (Å²) in [5.41, 5.74) is 1.33. The molecule has 0 spiro atoms. The number of amides is 3. The first-order valence-electron chi connectivity index (χ1n) is 10.0. The van der Waals surface area contributed by atoms with E-state index in [0.29, 0.717) is 44.9 Å². The van der Waals surface area contributed by atoms with Gasteiger partial charge in [-0.25, -0.2) is 0 Å². The molecular formula is C21H29N3O3. The van der Waals surface area contributed by atoms with Crippen molar-refractivity contribution in [1.29, 1.82) is 0 Å². The topological polar surface area (TPSA) is 69.7 Å². The van der Waals surface area contributed by atoms with Crippen LogP contribution in [0.25, 0.3) is 0 Å². The molecule has 2 saturated heterocycles. The predicted octanol–water partition coefficient (Wildman–Crippen LogP) is 1.60. The molecule has 0 saturated carbocycles. The Balaban J connectivity index is 1.33. The highest BCUT2D eigenvalue weighted by Crippen LogP contribution is 2.21. The summed E-state index contributed by atoms with van der Waals surface area (Å²) in [4.78, 5) is 39.4. The van der Waals surface area contributed by atoms with Gasteiger partial charge >= 0.3 is 11.8 Å². The molecule has 6 heteroatoms. The fourth-order valence-electron chi connectivity index (χ4n) is 3.92. The van der Waals surface area contributed by atoms with Crippen LogP contribution >= 0.6 is 0 Å². The van der Waals surface area contributed by atoms with E-state index >= 15 is 0 Å². The molecule has 2 aliphatic heterocycles. The van der Waals surface area contributed by atoms with Crippen LogP contribution in [0.2, 0.25) is 0 Å². The van der Waals surface area contributed by atoms with Crippen LogP contribution in [0.15, 0.2) is 30.3 Å². The van der Waals surface area contributed by atoms with Crippen molar-refractivity contribution < 1.29 is 14.4 Å². The Morgan fingerprint density at radius 3 is 2.48 bits per heavy atom. The largest absolute Gasteiger partial charge is 0.348 e. The van der Waals surface area contributed by atoms with E-state index in [1.165, 1.54) is 5.56 Å². The van der Waals surface area contributed by atoms with Gasteiger partial charge in [-0.05, 0) is 43.6 Å². The van der Waals surface area contributed by atoms with Gasteiger partial charge in [0.2, 0.25) is 5.91 Å². The van der Waals surface area contributed by atoms with E-state index in [9.17, 15) is 14.4 Å². The quantitative estimate of drug-likeness (QED) is 0.610. The standard InChI is InChI=1S/C21H29N3O3/c25-19-8-4-12-23(19)13-5-11-22-20(26)21(27)24-14-9-18(10-15-24)16-17-6-2-1-3-7-17/h1-3,6-7,18H,4-5,8-16H2,(H,22,26). The van der Waals surface area contributed by atoms with E-state index in [-0.39, 0.29) is 5.91 Å². The normalized spacial score (nSPS) is 18.0. The molecule has 3 amide bonds. The molecule has 146 valence electrons. The molecule has 27 heavy (non-hydrogen) atoms. The van der Waals surface area contributed by atoms with Gasteiger partial charge < -0.3 is 15.1 Å². The Hall–Kier alpha value is -2.37. The monoisotopic (exact) mass is 371 g/mol. The number of carbonyl (C=O) groups is 3. The van der Waals surface area contributed by atoms with Gasteiger partial charge in [0.15, 0.2) is 0 Å². The Bertz CT molecular complexity index is 654. The molecule has 2 heterocycles. The van der Waals surface area contributed by atoms with E-state index in [1.807, 2.05) is 11.0 Å². The van der Waals surface area contributed by atoms with Crippen LogP contribution in [0, 0.1) is 5.92 Å². The summed E-state index contributed by atoms with van der Waals surface area (Å²) < 4.78 is 0. The number of nitrogens with zero attached hydrogens (tertiary/aromatic N) is 2. The molecule has 0 unspecified atom stereocenters. The van der Waals surface area contributed by atoms with E-state index in [1.54, 1.807) is 4.90 Å². The van der Waals surface area contributed by atoms with Crippen LogP contribution in [-0.4, -0.2) is 60.2 Å². The summed E-state index contributed by atoms with van der Waals surface area (Å²) in [7, 11) is 0. The van der Waals surface area contributed by atoms with Gasteiger partial charge in [0.25, 0.3) is 0 Å². The van der Waals surface area contributed by atoms with Gasteiger partial charge in [-0.15, -0.1) is 0 Å². The summed E-state index contributed by atoms with van der Waals surface area (Å²) in [6.45, 7) is 3.18. The van der Waals surface area contributed by atoms with Crippen molar-refractivity contribution in [2.75, 3.05) is 32.7 Å². The van der Waals surface area contributed by atoms with Crippen molar-refractivity contribution in [2.45, 2.75) is 38.5 Å². The molecule has 0 bridgehead atoms. The minimum atomic E-state index is -0.524. The molecule has 1 aromatic carbocycles. The van der Waals surface area contributed by atoms with E-state index in [0.717, 1.165) is 32.2 Å². The minimum Gasteiger partial charge on any atom is -0.348 e. The Labute approximate surface area is 160 Å². The predicted molar refractivity (Wildman–Crippen MR) is 103 cm³/mol. The molecule has 1 aromatic rings. The van der Waals surface area contributed by atoms with Gasteiger partial charge in [-0.2, -0.15) is 0 Å². The number of nitrogens with one attached hydrogen (secondary N) is 1. The highest BCUT2D eigenvalue weighted by atomic mass is 16.2. The van der Waals surface area contributed by atoms with Crippen LogP contribution in [0.1, 0.15) is 37.7 Å². The molecule has 2 fully saturated rings. The second-order valence-corrected chi connectivity index (χ2v) is 7.52. The summed E-state index contributed by atoms with van der Waals surface area (Å²) in [6.07, 6.45) is 5.14. The molecule has 1 N–H and O–H groups in total. The maximum atomic E-state index is 12.3. The first-order chi connectivity index (χ1) is 13.1. The van der Waals surface area contributed by atoms with Gasteiger partial charge in [-0.1, -0.05) is 30.3 Å². The van der Waals surface area contributed by atoms with Crippen LogP contribution in [-0.2, 0) is 20.8 Å². The van der Waals surface area contributed by atoms with Crippen molar-refractivity contribution >= 4 is 17.7 Å². The van der Waals surface area contributed by atoms with Crippen LogP contribution in [0.3, 0.4) is 0 Å². The minimum absolute atomic E-state index is 0.191. The highest BCUT2D eigenvalue weighted by molar-refractivity contribution is 6.35. The molecule has 6 nitrogen and oxygen atoms in total. The third-order valence-electron chi connectivity index (χ3n) is 5.52. The van der Waals surface area contributed by atoms with Gasteiger partial charge in [0.05, 0.1) is 0 Å². The summed E-state index contributed by atoms with van der Waals surface area (Å²) >= 11 is 0. The third-order valence-corrected chi connectivity index (χ3v) is 5.52. The fraction of sp³-hybridized carbons (Fsp3) is 0.571. The molecule has 0 aliphatic carbocycles. The lowest BCUT2D eigenvalue weighted by atomic mass is 9.90. The van der Waals surface area contributed by atoms with Crippen molar-refractivity contribution in [3.05, 3.63) is 35.9 Å². The van der Waals surface area contributed by atoms with Gasteiger partial charge in [0, 0.05) is 39.1 Å². The zero-order chi connectivity index (χ0) is 19.1. The van der Waals surface area contributed by atoms with Crippen molar-refractivity contribution in [3.63, 3.8) is 0 Å².